The molecule has 0 heterocycles. The maximum atomic E-state index is 12.7. The summed E-state index contributed by atoms with van der Waals surface area (Å²) in [6.07, 6.45) is 0. The van der Waals surface area contributed by atoms with Crippen LogP contribution in [0.2, 0.25) is 0 Å². The summed E-state index contributed by atoms with van der Waals surface area (Å²) in [7, 11) is 1.54. The molecule has 6 nitrogen and oxygen atoms in total. The molecule has 0 spiro atoms. The van der Waals surface area contributed by atoms with Gasteiger partial charge < -0.3 is 20.1 Å². The van der Waals surface area contributed by atoms with Crippen LogP contribution in [-0.2, 0) is 17.9 Å². The molecule has 0 atom stereocenters. The Morgan fingerprint density at radius 2 is 1.62 bits per heavy atom. The maximum Gasteiger partial charge on any atom is 0.251 e. The highest BCUT2D eigenvalue weighted by molar-refractivity contribution is 5.95. The van der Waals surface area contributed by atoms with Gasteiger partial charge in [-0.15, -0.1) is 0 Å². The number of hydrogen-bond donors (Lipinski definition) is 2. The van der Waals surface area contributed by atoms with E-state index in [0.29, 0.717) is 35.9 Å². The van der Waals surface area contributed by atoms with Crippen molar-refractivity contribution >= 4 is 17.5 Å². The van der Waals surface area contributed by atoms with Gasteiger partial charge in [0.2, 0.25) is 5.91 Å². The number of amides is 2. The predicted octanol–water partition coefficient (Wildman–Crippen LogP) is 4.80. The lowest BCUT2D eigenvalue weighted by Crippen LogP contribution is -2.23. The topological polar surface area (TPSA) is 76.7 Å². The molecule has 0 aliphatic heterocycles. The van der Waals surface area contributed by atoms with Crippen molar-refractivity contribution < 1.29 is 19.1 Å². The van der Waals surface area contributed by atoms with Gasteiger partial charge in [-0.25, -0.2) is 0 Å². The molecule has 3 rings (SSSR count). The quantitative estimate of drug-likeness (QED) is 0.509. The molecule has 0 aliphatic rings. The van der Waals surface area contributed by atoms with E-state index in [-0.39, 0.29) is 17.7 Å². The fourth-order valence-electron chi connectivity index (χ4n) is 2.99. The molecule has 0 unspecified atom stereocenters. The highest BCUT2D eigenvalue weighted by atomic mass is 16.5. The van der Waals surface area contributed by atoms with Crippen LogP contribution in [0.15, 0.2) is 72.8 Å². The summed E-state index contributed by atoms with van der Waals surface area (Å²) in [5.41, 5.74) is 3.10. The first-order valence-electron chi connectivity index (χ1n) is 10.5. The largest absolute Gasteiger partial charge is 0.493 e. The van der Waals surface area contributed by atoms with E-state index in [2.05, 4.69) is 10.6 Å². The number of carbonyl (C=O) groups excluding carboxylic acids is 2. The summed E-state index contributed by atoms with van der Waals surface area (Å²) in [6, 6.07) is 22.3. The second-order valence-corrected chi connectivity index (χ2v) is 7.67. The van der Waals surface area contributed by atoms with Gasteiger partial charge >= 0.3 is 0 Å². The number of anilines is 1. The number of benzene rings is 3. The molecule has 2 amide bonds. The smallest absolute Gasteiger partial charge is 0.251 e. The minimum Gasteiger partial charge on any atom is -0.493 e. The van der Waals surface area contributed by atoms with E-state index in [4.69, 9.17) is 9.47 Å². The van der Waals surface area contributed by atoms with Crippen molar-refractivity contribution in [1.82, 2.24) is 5.32 Å². The van der Waals surface area contributed by atoms with Crippen molar-refractivity contribution in [2.75, 3.05) is 12.4 Å². The SMILES string of the molecule is COc1cc(C(=O)NCc2cccc(NC(=O)C(C)C)c2)ccc1OCc1ccccc1. The van der Waals surface area contributed by atoms with Gasteiger partial charge in [-0.2, -0.15) is 0 Å². The average Bonchev–Trinajstić information content (AvgIpc) is 2.82. The molecule has 3 aromatic carbocycles. The molecule has 0 aromatic heterocycles. The fraction of sp³-hybridized carbons (Fsp3) is 0.231. The predicted molar refractivity (Wildman–Crippen MR) is 125 cm³/mol. The van der Waals surface area contributed by atoms with E-state index >= 15 is 0 Å². The second kappa shape index (κ2) is 11.0. The lowest BCUT2D eigenvalue weighted by Gasteiger charge is -2.13. The molecular weight excluding hydrogens is 404 g/mol. The zero-order chi connectivity index (χ0) is 22.9. The number of ether oxygens (including phenoxy) is 2. The molecule has 0 aliphatic carbocycles. The first-order valence-corrected chi connectivity index (χ1v) is 10.5. The maximum absolute atomic E-state index is 12.7. The van der Waals surface area contributed by atoms with E-state index in [1.54, 1.807) is 25.3 Å². The van der Waals surface area contributed by atoms with Gasteiger partial charge in [0.25, 0.3) is 5.91 Å². The Bertz CT molecular complexity index is 1060. The normalized spacial score (nSPS) is 10.5. The van der Waals surface area contributed by atoms with Crippen molar-refractivity contribution in [3.05, 3.63) is 89.5 Å². The van der Waals surface area contributed by atoms with Crippen molar-refractivity contribution in [3.8, 4) is 11.5 Å². The van der Waals surface area contributed by atoms with E-state index < -0.39 is 0 Å². The molecule has 0 radical (unpaired) electrons. The summed E-state index contributed by atoms with van der Waals surface area (Å²) < 4.78 is 11.3. The monoisotopic (exact) mass is 432 g/mol. The molecular formula is C26H28N2O4. The summed E-state index contributed by atoms with van der Waals surface area (Å²) in [4.78, 5) is 24.5. The second-order valence-electron chi connectivity index (χ2n) is 7.67. The van der Waals surface area contributed by atoms with Crippen LogP contribution < -0.4 is 20.1 Å². The zero-order valence-corrected chi connectivity index (χ0v) is 18.6. The molecule has 2 N–H and O–H groups in total. The number of methoxy groups -OCH3 is 1. The van der Waals surface area contributed by atoms with E-state index in [1.807, 2.05) is 68.4 Å². The van der Waals surface area contributed by atoms with Crippen LogP contribution in [0.3, 0.4) is 0 Å². The number of carbonyl (C=O) groups is 2. The molecule has 6 heteroatoms. The van der Waals surface area contributed by atoms with Gasteiger partial charge in [0.05, 0.1) is 7.11 Å². The van der Waals surface area contributed by atoms with Crippen molar-refractivity contribution in [1.29, 1.82) is 0 Å². The summed E-state index contributed by atoms with van der Waals surface area (Å²) in [6.45, 7) is 4.42. The summed E-state index contributed by atoms with van der Waals surface area (Å²) >= 11 is 0. The van der Waals surface area contributed by atoms with Gasteiger partial charge in [0, 0.05) is 23.7 Å². The Morgan fingerprint density at radius 3 is 2.34 bits per heavy atom. The Labute approximate surface area is 188 Å². The molecule has 32 heavy (non-hydrogen) atoms. The van der Waals surface area contributed by atoms with Crippen molar-refractivity contribution in [2.24, 2.45) is 5.92 Å². The Morgan fingerprint density at radius 1 is 0.875 bits per heavy atom. The molecule has 0 bridgehead atoms. The third kappa shape index (κ3) is 6.35. The highest BCUT2D eigenvalue weighted by Gasteiger charge is 2.12. The van der Waals surface area contributed by atoms with Crippen LogP contribution in [0.25, 0.3) is 0 Å². The fourth-order valence-corrected chi connectivity index (χ4v) is 2.99. The van der Waals surface area contributed by atoms with Crippen LogP contribution in [0, 0.1) is 5.92 Å². The molecule has 166 valence electrons. The number of hydrogen-bond acceptors (Lipinski definition) is 4. The van der Waals surface area contributed by atoms with Crippen LogP contribution in [0.1, 0.15) is 35.3 Å². The van der Waals surface area contributed by atoms with Crippen LogP contribution >= 0.6 is 0 Å². The molecule has 0 saturated heterocycles. The summed E-state index contributed by atoms with van der Waals surface area (Å²) in [5.74, 6) is 0.684. The van der Waals surface area contributed by atoms with E-state index in [0.717, 1.165) is 11.1 Å². The van der Waals surface area contributed by atoms with Gasteiger partial charge in [0.15, 0.2) is 11.5 Å². The van der Waals surface area contributed by atoms with E-state index in [9.17, 15) is 9.59 Å². The zero-order valence-electron chi connectivity index (χ0n) is 18.6. The van der Waals surface area contributed by atoms with Crippen molar-refractivity contribution in [2.45, 2.75) is 27.0 Å². The Kier molecular flexibility index (Phi) is 7.86. The first kappa shape index (κ1) is 22.9. The lowest BCUT2D eigenvalue weighted by atomic mass is 10.1. The van der Waals surface area contributed by atoms with Crippen LogP contribution in [0.5, 0.6) is 11.5 Å². The lowest BCUT2D eigenvalue weighted by molar-refractivity contribution is -0.118. The molecule has 3 aromatic rings. The standard InChI is InChI=1S/C26H28N2O4/c1-18(2)25(29)28-22-11-7-10-20(14-22)16-27-26(30)21-12-13-23(24(15-21)31-3)32-17-19-8-5-4-6-9-19/h4-15,18H,16-17H2,1-3H3,(H,27,30)(H,28,29). The Hall–Kier alpha value is -3.80. The Balaban J connectivity index is 1.61. The molecule has 0 saturated carbocycles. The third-order valence-corrected chi connectivity index (χ3v) is 4.83. The van der Waals surface area contributed by atoms with Gasteiger partial charge in [0.1, 0.15) is 6.61 Å². The van der Waals surface area contributed by atoms with Gasteiger partial charge in [-0.05, 0) is 41.5 Å². The molecule has 0 fully saturated rings. The van der Waals surface area contributed by atoms with Crippen LogP contribution in [-0.4, -0.2) is 18.9 Å². The third-order valence-electron chi connectivity index (χ3n) is 4.83. The van der Waals surface area contributed by atoms with E-state index in [1.165, 1.54) is 0 Å². The van der Waals surface area contributed by atoms with Crippen LogP contribution in [0.4, 0.5) is 5.69 Å². The van der Waals surface area contributed by atoms with Gasteiger partial charge in [-0.3, -0.25) is 9.59 Å². The summed E-state index contributed by atoms with van der Waals surface area (Å²) in [5, 5.41) is 5.76. The average molecular weight is 433 g/mol. The minimum atomic E-state index is -0.227. The first-order chi connectivity index (χ1) is 15.5. The highest BCUT2D eigenvalue weighted by Crippen LogP contribution is 2.29. The minimum absolute atomic E-state index is 0.0483. The van der Waals surface area contributed by atoms with Gasteiger partial charge in [-0.1, -0.05) is 56.3 Å². The number of rotatable bonds is 9. The number of nitrogens with one attached hydrogen (secondary N) is 2. The van der Waals surface area contributed by atoms with Crippen molar-refractivity contribution in [3.63, 3.8) is 0 Å².